The number of hydrogen-bond donors (Lipinski definition) is 1. The van der Waals surface area contributed by atoms with Crippen molar-refractivity contribution in [1.82, 2.24) is 0 Å². The number of anilines is 2. The number of aryl methyl sites for hydroxylation is 2. The molecule has 0 aromatic heterocycles. The molecule has 0 fully saturated rings. The van der Waals surface area contributed by atoms with Gasteiger partial charge in [0.15, 0.2) is 0 Å². The van der Waals surface area contributed by atoms with Crippen molar-refractivity contribution in [2.24, 2.45) is 0 Å². The zero-order valence-corrected chi connectivity index (χ0v) is 10.2. The van der Waals surface area contributed by atoms with E-state index in [4.69, 9.17) is 0 Å². The summed E-state index contributed by atoms with van der Waals surface area (Å²) in [5.74, 6) is 0. The molecule has 1 aliphatic heterocycles. The molecule has 2 aromatic rings. The fourth-order valence-electron chi connectivity index (χ4n) is 2.64. The van der Waals surface area contributed by atoms with Crippen LogP contribution in [0.25, 0.3) is 0 Å². The van der Waals surface area contributed by atoms with Crippen LogP contribution in [0.4, 0.5) is 11.4 Å². The summed E-state index contributed by atoms with van der Waals surface area (Å²) in [5.41, 5.74) is 6.94. The van der Waals surface area contributed by atoms with E-state index in [-0.39, 0.29) is 0 Å². The Morgan fingerprint density at radius 1 is 0.941 bits per heavy atom. The topological polar surface area (TPSA) is 12.0 Å². The predicted molar refractivity (Wildman–Crippen MR) is 73.0 cm³/mol. The Labute approximate surface area is 102 Å². The van der Waals surface area contributed by atoms with Crippen LogP contribution in [0.1, 0.15) is 23.6 Å². The van der Waals surface area contributed by atoms with Gasteiger partial charge < -0.3 is 5.32 Å². The molecule has 1 N–H and O–H groups in total. The number of hydrogen-bond acceptors (Lipinski definition) is 1. The smallest absolute Gasteiger partial charge is 0.0419 e. The van der Waals surface area contributed by atoms with Crippen LogP contribution in [-0.4, -0.2) is 0 Å². The Kier molecular flexibility index (Phi) is 2.60. The first kappa shape index (κ1) is 10.4. The number of fused-ring (bicyclic) bond motifs is 2. The van der Waals surface area contributed by atoms with E-state index >= 15 is 0 Å². The molecular weight excluding hydrogens is 206 g/mol. The van der Waals surface area contributed by atoms with Crippen molar-refractivity contribution in [2.45, 2.75) is 26.2 Å². The van der Waals surface area contributed by atoms with Crippen molar-refractivity contribution in [1.29, 1.82) is 0 Å². The van der Waals surface area contributed by atoms with Gasteiger partial charge in [0.25, 0.3) is 0 Å². The van der Waals surface area contributed by atoms with Gasteiger partial charge in [-0.05, 0) is 48.1 Å². The van der Waals surface area contributed by atoms with Crippen molar-refractivity contribution < 1.29 is 0 Å². The van der Waals surface area contributed by atoms with Crippen LogP contribution in [0.5, 0.6) is 0 Å². The average molecular weight is 223 g/mol. The fourth-order valence-corrected chi connectivity index (χ4v) is 2.64. The van der Waals surface area contributed by atoms with E-state index in [1.165, 1.54) is 28.1 Å². The standard InChI is InChI=1S/C16H17N/c1-2-12-7-5-9-16-14(12)11-10-13-6-3-4-8-15(13)17-16/h3-9,17H,2,10-11H2,1H3. The van der Waals surface area contributed by atoms with Gasteiger partial charge in [0, 0.05) is 11.4 Å². The van der Waals surface area contributed by atoms with Crippen LogP contribution < -0.4 is 5.32 Å². The number of para-hydroxylation sites is 1. The summed E-state index contributed by atoms with van der Waals surface area (Å²) in [6.45, 7) is 2.23. The summed E-state index contributed by atoms with van der Waals surface area (Å²) in [6, 6.07) is 15.2. The number of rotatable bonds is 1. The van der Waals surface area contributed by atoms with Gasteiger partial charge in [-0.3, -0.25) is 0 Å². The number of benzene rings is 2. The lowest BCUT2D eigenvalue weighted by Gasteiger charge is -2.12. The van der Waals surface area contributed by atoms with Crippen molar-refractivity contribution in [3.63, 3.8) is 0 Å². The highest BCUT2D eigenvalue weighted by Gasteiger charge is 2.13. The zero-order chi connectivity index (χ0) is 11.7. The molecule has 17 heavy (non-hydrogen) atoms. The molecule has 0 aliphatic carbocycles. The largest absolute Gasteiger partial charge is 0.355 e. The highest BCUT2D eigenvalue weighted by atomic mass is 14.9. The highest BCUT2D eigenvalue weighted by Crippen LogP contribution is 2.31. The van der Waals surface area contributed by atoms with Crippen LogP contribution in [0.15, 0.2) is 42.5 Å². The quantitative estimate of drug-likeness (QED) is 0.767. The maximum absolute atomic E-state index is 3.58. The Morgan fingerprint density at radius 2 is 1.76 bits per heavy atom. The highest BCUT2D eigenvalue weighted by molar-refractivity contribution is 5.69. The lowest BCUT2D eigenvalue weighted by atomic mass is 9.98. The lowest BCUT2D eigenvalue weighted by molar-refractivity contribution is 0.946. The van der Waals surface area contributed by atoms with Gasteiger partial charge in [-0.25, -0.2) is 0 Å². The van der Waals surface area contributed by atoms with Crippen molar-refractivity contribution in [2.75, 3.05) is 5.32 Å². The number of nitrogens with one attached hydrogen (secondary N) is 1. The molecule has 3 rings (SSSR count). The van der Waals surface area contributed by atoms with Gasteiger partial charge in [0.05, 0.1) is 0 Å². The molecule has 1 heteroatoms. The molecule has 0 spiro atoms. The van der Waals surface area contributed by atoms with Crippen LogP contribution in [0, 0.1) is 0 Å². The predicted octanol–water partition coefficient (Wildman–Crippen LogP) is 4.09. The first-order chi connectivity index (χ1) is 8.38. The van der Waals surface area contributed by atoms with E-state index in [0.717, 1.165) is 19.3 Å². The third-order valence-electron chi connectivity index (χ3n) is 3.58. The molecule has 86 valence electrons. The molecule has 0 saturated heterocycles. The molecule has 0 radical (unpaired) electrons. The second kappa shape index (κ2) is 4.25. The molecule has 0 bridgehead atoms. The molecule has 1 aliphatic rings. The minimum atomic E-state index is 1.11. The average Bonchev–Trinajstić information content (AvgIpc) is 2.57. The minimum Gasteiger partial charge on any atom is -0.355 e. The summed E-state index contributed by atoms with van der Waals surface area (Å²) in [6.07, 6.45) is 3.39. The fraction of sp³-hybridized carbons (Fsp3) is 0.250. The Balaban J connectivity index is 2.09. The summed E-state index contributed by atoms with van der Waals surface area (Å²) in [7, 11) is 0. The van der Waals surface area contributed by atoms with E-state index in [1.807, 2.05) is 0 Å². The second-order valence-corrected chi connectivity index (χ2v) is 4.58. The van der Waals surface area contributed by atoms with Gasteiger partial charge in [0.2, 0.25) is 0 Å². The molecule has 1 nitrogen and oxygen atoms in total. The normalized spacial score (nSPS) is 13.2. The van der Waals surface area contributed by atoms with E-state index in [0.29, 0.717) is 0 Å². The van der Waals surface area contributed by atoms with Gasteiger partial charge in [-0.1, -0.05) is 37.3 Å². The third-order valence-corrected chi connectivity index (χ3v) is 3.58. The molecule has 0 saturated carbocycles. The first-order valence-corrected chi connectivity index (χ1v) is 6.34. The van der Waals surface area contributed by atoms with Crippen LogP contribution >= 0.6 is 0 Å². The Morgan fingerprint density at radius 3 is 2.65 bits per heavy atom. The van der Waals surface area contributed by atoms with E-state index in [9.17, 15) is 0 Å². The van der Waals surface area contributed by atoms with Gasteiger partial charge in [-0.2, -0.15) is 0 Å². The first-order valence-electron chi connectivity index (χ1n) is 6.34. The van der Waals surface area contributed by atoms with Gasteiger partial charge in [0.1, 0.15) is 0 Å². The Hall–Kier alpha value is -1.76. The molecule has 2 aromatic carbocycles. The van der Waals surface area contributed by atoms with Crippen molar-refractivity contribution in [3.8, 4) is 0 Å². The van der Waals surface area contributed by atoms with Crippen molar-refractivity contribution in [3.05, 3.63) is 59.2 Å². The third kappa shape index (κ3) is 1.82. The zero-order valence-electron chi connectivity index (χ0n) is 10.2. The maximum Gasteiger partial charge on any atom is 0.0419 e. The summed E-state index contributed by atoms with van der Waals surface area (Å²) in [5, 5.41) is 3.58. The summed E-state index contributed by atoms with van der Waals surface area (Å²) >= 11 is 0. The molecular formula is C16H17N. The lowest BCUT2D eigenvalue weighted by Crippen LogP contribution is -1.97. The molecule has 0 amide bonds. The van der Waals surface area contributed by atoms with Crippen molar-refractivity contribution >= 4 is 11.4 Å². The van der Waals surface area contributed by atoms with Gasteiger partial charge >= 0.3 is 0 Å². The van der Waals surface area contributed by atoms with E-state index < -0.39 is 0 Å². The summed E-state index contributed by atoms with van der Waals surface area (Å²) in [4.78, 5) is 0. The Bertz CT molecular complexity index is 543. The van der Waals surface area contributed by atoms with Crippen LogP contribution in [0.2, 0.25) is 0 Å². The maximum atomic E-state index is 3.58. The van der Waals surface area contributed by atoms with E-state index in [2.05, 4.69) is 54.7 Å². The molecule has 0 unspecified atom stereocenters. The molecule has 1 heterocycles. The van der Waals surface area contributed by atoms with Crippen LogP contribution in [-0.2, 0) is 19.3 Å². The SMILES string of the molecule is CCc1cccc2c1CCc1ccccc1N2. The second-order valence-electron chi connectivity index (χ2n) is 4.58. The molecule has 0 atom stereocenters. The van der Waals surface area contributed by atoms with Crippen LogP contribution in [0.3, 0.4) is 0 Å². The van der Waals surface area contributed by atoms with Gasteiger partial charge in [-0.15, -0.1) is 0 Å². The summed E-state index contributed by atoms with van der Waals surface area (Å²) < 4.78 is 0. The van der Waals surface area contributed by atoms with E-state index in [1.54, 1.807) is 0 Å². The minimum absolute atomic E-state index is 1.11. The monoisotopic (exact) mass is 223 g/mol.